The fraction of sp³-hybridized carbons (Fsp3) is 0.400. The summed E-state index contributed by atoms with van der Waals surface area (Å²) in [6, 6.07) is 0. The summed E-state index contributed by atoms with van der Waals surface area (Å²) < 4.78 is 4.48. The van der Waals surface area contributed by atoms with E-state index in [9.17, 15) is 0 Å². The van der Waals surface area contributed by atoms with Crippen LogP contribution in [0.4, 0.5) is 0 Å². The van der Waals surface area contributed by atoms with Crippen molar-refractivity contribution in [3.8, 4) is 0 Å². The van der Waals surface area contributed by atoms with Gasteiger partial charge in [-0.2, -0.15) is 0 Å². The van der Waals surface area contributed by atoms with Gasteiger partial charge in [0.2, 0.25) is 0 Å². The third-order valence-electron chi connectivity index (χ3n) is 0.969. The molecule has 0 bridgehead atoms. The molecule has 1 heterocycles. The Morgan fingerprint density at radius 2 is 1.50 bits per heavy atom. The Balaban J connectivity index is 3.35. The molecule has 0 radical (unpaired) electrons. The predicted octanol–water partition coefficient (Wildman–Crippen LogP) is 1.15. The third kappa shape index (κ3) is 1.43. The number of hydrogen-bond donors (Lipinski definition) is 0. The first-order valence-corrected chi connectivity index (χ1v) is 6.11. The molecule has 1 rings (SSSR count). The van der Waals surface area contributed by atoms with Crippen LogP contribution in [0.15, 0.2) is 0 Å². The van der Waals surface area contributed by atoms with E-state index < -0.39 is 0 Å². The molecule has 8 heavy (non-hydrogen) atoms. The molecular formula is C5H6SSe2. The van der Waals surface area contributed by atoms with Crippen molar-refractivity contribution in [2.45, 2.75) is 13.8 Å². The summed E-state index contributed by atoms with van der Waals surface area (Å²) in [6.45, 7) is 4.41. The molecule has 0 N–H and O–H groups in total. The molecule has 3 heteroatoms. The average Bonchev–Trinajstić information content (AvgIpc) is 1.85. The van der Waals surface area contributed by atoms with Gasteiger partial charge in [0.05, 0.1) is 0 Å². The van der Waals surface area contributed by atoms with Crippen LogP contribution in [0.1, 0.15) is 8.87 Å². The summed E-state index contributed by atoms with van der Waals surface area (Å²) in [6.07, 6.45) is 0. The van der Waals surface area contributed by atoms with E-state index in [1.165, 1.54) is 2.26 Å². The van der Waals surface area contributed by atoms with E-state index in [0.29, 0.717) is 29.0 Å². The molecule has 0 saturated heterocycles. The van der Waals surface area contributed by atoms with Crippen molar-refractivity contribution >= 4 is 41.2 Å². The van der Waals surface area contributed by atoms with Crippen LogP contribution in [0.3, 0.4) is 0 Å². The van der Waals surface area contributed by atoms with Gasteiger partial charge in [0.15, 0.2) is 0 Å². The molecule has 0 aromatic carbocycles. The molecular weight excluding hydrogens is 250 g/mol. The Morgan fingerprint density at radius 3 is 1.62 bits per heavy atom. The van der Waals surface area contributed by atoms with E-state index in [-0.39, 0.29) is 0 Å². The molecule has 0 aliphatic rings. The first kappa shape index (κ1) is 6.98. The maximum absolute atomic E-state index is 5.09. The van der Waals surface area contributed by atoms with Crippen molar-refractivity contribution < 1.29 is 0 Å². The zero-order chi connectivity index (χ0) is 6.15. The Morgan fingerprint density at radius 1 is 1.12 bits per heavy atom. The summed E-state index contributed by atoms with van der Waals surface area (Å²) in [5.41, 5.74) is 0. The van der Waals surface area contributed by atoms with Gasteiger partial charge in [-0.3, -0.25) is 0 Å². The molecule has 0 unspecified atom stereocenters. The molecule has 0 aliphatic heterocycles. The fourth-order valence-corrected chi connectivity index (χ4v) is 7.54. The summed E-state index contributed by atoms with van der Waals surface area (Å²) >= 11 is 6.28. The van der Waals surface area contributed by atoms with Crippen LogP contribution in [0.2, 0.25) is 0 Å². The van der Waals surface area contributed by atoms with Crippen LogP contribution in [-0.2, 0) is 0 Å². The SMILES string of the molecule is Cc1[se]c(=S)[se]c1C. The Bertz CT molecular complexity index is 210. The van der Waals surface area contributed by atoms with Gasteiger partial charge in [-0.15, -0.1) is 0 Å². The monoisotopic (exact) mass is 258 g/mol. The topological polar surface area (TPSA) is 0 Å². The van der Waals surface area contributed by atoms with E-state index in [1.807, 2.05) is 0 Å². The first-order valence-electron chi connectivity index (χ1n) is 2.27. The van der Waals surface area contributed by atoms with Crippen molar-refractivity contribution in [3.63, 3.8) is 0 Å². The predicted molar refractivity (Wildman–Crippen MR) is 40.6 cm³/mol. The second-order valence-electron chi connectivity index (χ2n) is 1.57. The van der Waals surface area contributed by atoms with Crippen molar-refractivity contribution in [2.75, 3.05) is 0 Å². The van der Waals surface area contributed by atoms with Gasteiger partial charge in [-0.05, 0) is 0 Å². The summed E-state index contributed by atoms with van der Waals surface area (Å²) in [7, 11) is 0. The van der Waals surface area contributed by atoms with Crippen molar-refractivity contribution in [3.05, 3.63) is 11.1 Å². The molecule has 1 aromatic heterocycles. The average molecular weight is 256 g/mol. The van der Waals surface area contributed by atoms with Crippen molar-refractivity contribution in [1.29, 1.82) is 0 Å². The van der Waals surface area contributed by atoms with Crippen LogP contribution < -0.4 is 0 Å². The fourth-order valence-electron chi connectivity index (χ4n) is 0.415. The zero-order valence-corrected chi connectivity index (χ0v) is 8.97. The third-order valence-corrected chi connectivity index (χ3v) is 7.58. The van der Waals surface area contributed by atoms with Crippen LogP contribution in [-0.4, -0.2) is 29.0 Å². The van der Waals surface area contributed by atoms with Gasteiger partial charge in [-0.25, -0.2) is 0 Å². The molecule has 0 nitrogen and oxygen atoms in total. The van der Waals surface area contributed by atoms with Crippen molar-refractivity contribution in [2.24, 2.45) is 0 Å². The number of aryl methyl sites for hydroxylation is 2. The molecule has 1 aromatic rings. The van der Waals surface area contributed by atoms with E-state index >= 15 is 0 Å². The molecule has 0 amide bonds. The molecule has 0 atom stereocenters. The van der Waals surface area contributed by atoms with E-state index in [0.717, 1.165) is 0 Å². The van der Waals surface area contributed by atoms with Crippen LogP contribution in [0.25, 0.3) is 0 Å². The molecule has 0 spiro atoms. The van der Waals surface area contributed by atoms with Gasteiger partial charge >= 0.3 is 66.2 Å². The van der Waals surface area contributed by atoms with E-state index in [4.69, 9.17) is 12.2 Å². The van der Waals surface area contributed by atoms with Gasteiger partial charge in [0.25, 0.3) is 0 Å². The minimum atomic E-state index is 0.597. The second-order valence-corrected chi connectivity index (χ2v) is 9.59. The van der Waals surface area contributed by atoms with Gasteiger partial charge in [0.1, 0.15) is 0 Å². The van der Waals surface area contributed by atoms with Crippen LogP contribution >= 0.6 is 12.2 Å². The minimum absolute atomic E-state index is 0.597. The summed E-state index contributed by atoms with van der Waals surface area (Å²) in [5.74, 6) is 0. The Hall–Kier alpha value is 0.869. The van der Waals surface area contributed by atoms with E-state index in [2.05, 4.69) is 13.8 Å². The number of rotatable bonds is 0. The maximum atomic E-state index is 5.09. The summed E-state index contributed by atoms with van der Waals surface area (Å²) in [4.78, 5) is 0. The van der Waals surface area contributed by atoms with Crippen LogP contribution in [0.5, 0.6) is 0 Å². The Kier molecular flexibility index (Phi) is 2.30. The van der Waals surface area contributed by atoms with Crippen molar-refractivity contribution in [1.82, 2.24) is 0 Å². The summed E-state index contributed by atoms with van der Waals surface area (Å²) in [5, 5.41) is 0. The first-order chi connectivity index (χ1) is 3.70. The second kappa shape index (κ2) is 2.64. The quantitative estimate of drug-likeness (QED) is 0.495. The normalized spacial score (nSPS) is 9.75. The molecule has 0 aliphatic carbocycles. The number of hydrogen-bond acceptors (Lipinski definition) is 1. The molecule has 0 saturated carbocycles. The van der Waals surface area contributed by atoms with Gasteiger partial charge < -0.3 is 0 Å². The molecule has 44 valence electrons. The van der Waals surface area contributed by atoms with Crippen LogP contribution in [0, 0.1) is 16.1 Å². The standard InChI is InChI=1S/C5H6SSe2/c1-3-4(2)8-5(6)7-3/h1-2H3. The zero-order valence-electron chi connectivity index (χ0n) is 4.72. The van der Waals surface area contributed by atoms with E-state index in [1.54, 1.807) is 8.87 Å². The van der Waals surface area contributed by atoms with Gasteiger partial charge in [-0.1, -0.05) is 0 Å². The molecule has 0 fully saturated rings. The van der Waals surface area contributed by atoms with Gasteiger partial charge in [0, 0.05) is 0 Å². The Labute approximate surface area is 66.0 Å².